The molecule has 0 saturated carbocycles. The molecule has 0 aliphatic carbocycles. The molecule has 9 heteroatoms. The molecule has 3 aromatic carbocycles. The lowest BCUT2D eigenvalue weighted by Gasteiger charge is -2.32. The summed E-state index contributed by atoms with van der Waals surface area (Å²) in [7, 11) is 0. The van der Waals surface area contributed by atoms with E-state index in [1.165, 1.54) is 0 Å². The van der Waals surface area contributed by atoms with Crippen molar-refractivity contribution in [2.45, 2.75) is 38.5 Å². The monoisotopic (exact) mass is 518 g/mol. The minimum Gasteiger partial charge on any atom is -0.444 e. The number of hydrogen-bond donors (Lipinski definition) is 3. The Morgan fingerprint density at radius 3 is 2.27 bits per heavy atom. The van der Waals surface area contributed by atoms with Crippen LogP contribution in [0, 0.1) is 11.3 Å². The van der Waals surface area contributed by atoms with Crippen molar-refractivity contribution in [1.29, 1.82) is 5.26 Å². The number of carbonyl (C=O) groups is 3. The van der Waals surface area contributed by atoms with Crippen molar-refractivity contribution in [3.8, 4) is 6.07 Å². The molecule has 0 fully saturated rings. The number of hydrogen-bond acceptors (Lipinski definition) is 6. The second-order valence-electron chi connectivity index (χ2n) is 9.37. The van der Waals surface area contributed by atoms with E-state index in [0.29, 0.717) is 11.3 Å². The van der Waals surface area contributed by atoms with Crippen molar-refractivity contribution in [1.82, 2.24) is 10.2 Å². The van der Waals surface area contributed by atoms with Crippen LogP contribution in [0.4, 0.5) is 10.5 Å². The van der Waals surface area contributed by atoms with E-state index in [9.17, 15) is 19.6 Å². The molecule has 0 spiro atoms. The largest absolute Gasteiger partial charge is 0.444 e. The van der Waals surface area contributed by atoms with E-state index in [4.69, 9.17) is 4.74 Å². The van der Waals surface area contributed by atoms with Gasteiger partial charge in [0.25, 0.3) is 5.91 Å². The Labute approximate surface area is 222 Å². The third-order valence-electron chi connectivity index (χ3n) is 5.39. The number of nitrogens with one attached hydrogen (secondary N) is 2. The van der Waals surface area contributed by atoms with Gasteiger partial charge < -0.3 is 20.3 Å². The highest BCUT2D eigenvalue weighted by Gasteiger charge is 2.36. The lowest BCUT2D eigenvalue weighted by atomic mass is 10.0. The standard InChI is InChI=1S/C28H30N4O4S/c1-28(2,3)36-27(35)31-23(18-37)26(34)32(16-15-29)24(20-10-5-4-6-11-20)25(33)30-22-14-13-19-9-7-8-12-21(19)17-22/h4-14,17,23-24,37H,16,18H2,1-3H3,(H,30,33)(H,31,35). The Balaban J connectivity index is 1.93. The molecule has 3 aromatic rings. The van der Waals surface area contributed by atoms with Crippen LogP contribution in [0.15, 0.2) is 72.8 Å². The highest BCUT2D eigenvalue weighted by molar-refractivity contribution is 7.80. The number of anilines is 1. The Hall–Kier alpha value is -4.03. The molecule has 0 radical (unpaired) electrons. The van der Waals surface area contributed by atoms with Gasteiger partial charge in [-0.1, -0.05) is 60.7 Å². The maximum Gasteiger partial charge on any atom is 0.408 e. The summed E-state index contributed by atoms with van der Waals surface area (Å²) in [5, 5.41) is 16.9. The summed E-state index contributed by atoms with van der Waals surface area (Å²) in [5.41, 5.74) is 0.290. The fourth-order valence-corrected chi connectivity index (χ4v) is 4.04. The second kappa shape index (κ2) is 12.3. The number of carbonyl (C=O) groups excluding carboxylic acids is 3. The van der Waals surface area contributed by atoms with Crippen LogP contribution in [0.3, 0.4) is 0 Å². The van der Waals surface area contributed by atoms with E-state index >= 15 is 0 Å². The minimum atomic E-state index is -1.14. The summed E-state index contributed by atoms with van der Waals surface area (Å²) >= 11 is 4.22. The molecule has 2 N–H and O–H groups in total. The number of amides is 3. The van der Waals surface area contributed by atoms with E-state index in [-0.39, 0.29) is 12.3 Å². The number of rotatable bonds is 8. The topological polar surface area (TPSA) is 112 Å². The van der Waals surface area contributed by atoms with Crippen LogP contribution < -0.4 is 10.6 Å². The molecule has 3 amide bonds. The zero-order valence-electron chi connectivity index (χ0n) is 21.0. The van der Waals surface area contributed by atoms with Crippen LogP contribution in [0.1, 0.15) is 32.4 Å². The number of benzene rings is 3. The van der Waals surface area contributed by atoms with Crippen LogP contribution in [0.5, 0.6) is 0 Å². The molecule has 2 unspecified atom stereocenters. The fraction of sp³-hybridized carbons (Fsp3) is 0.286. The second-order valence-corrected chi connectivity index (χ2v) is 9.74. The predicted molar refractivity (Wildman–Crippen MR) is 146 cm³/mol. The van der Waals surface area contributed by atoms with Crippen LogP contribution in [-0.2, 0) is 14.3 Å². The summed E-state index contributed by atoms with van der Waals surface area (Å²) in [6.07, 6.45) is -0.798. The predicted octanol–water partition coefficient (Wildman–Crippen LogP) is 4.69. The normalized spacial score (nSPS) is 12.6. The first-order valence-corrected chi connectivity index (χ1v) is 12.4. The summed E-state index contributed by atoms with van der Waals surface area (Å²) in [4.78, 5) is 40.7. The molecule has 0 saturated heterocycles. The molecular weight excluding hydrogens is 488 g/mol. The molecule has 37 heavy (non-hydrogen) atoms. The highest BCUT2D eigenvalue weighted by Crippen LogP contribution is 2.26. The molecule has 0 aliphatic rings. The van der Waals surface area contributed by atoms with Gasteiger partial charge in [-0.25, -0.2) is 4.79 Å². The average Bonchev–Trinajstić information content (AvgIpc) is 2.86. The molecule has 8 nitrogen and oxygen atoms in total. The van der Waals surface area contributed by atoms with Crippen LogP contribution in [0.25, 0.3) is 10.8 Å². The number of alkyl carbamates (subject to hydrolysis) is 1. The van der Waals surface area contributed by atoms with E-state index in [0.717, 1.165) is 15.7 Å². The van der Waals surface area contributed by atoms with Crippen LogP contribution in [-0.4, -0.2) is 46.7 Å². The van der Waals surface area contributed by atoms with E-state index in [1.54, 1.807) is 57.2 Å². The Kier molecular flexibility index (Phi) is 9.15. The van der Waals surface area contributed by atoms with Crippen molar-refractivity contribution in [2.75, 3.05) is 17.6 Å². The number of fused-ring (bicyclic) bond motifs is 1. The molecule has 3 rings (SSSR count). The zero-order valence-corrected chi connectivity index (χ0v) is 21.9. The first-order chi connectivity index (χ1) is 17.6. The van der Waals surface area contributed by atoms with Gasteiger partial charge in [-0.05, 0) is 49.2 Å². The number of ether oxygens (including phenoxy) is 1. The van der Waals surface area contributed by atoms with Crippen LogP contribution >= 0.6 is 12.6 Å². The van der Waals surface area contributed by atoms with Gasteiger partial charge in [0.05, 0.1) is 6.07 Å². The average molecular weight is 519 g/mol. The van der Waals surface area contributed by atoms with Gasteiger partial charge in [0.1, 0.15) is 24.2 Å². The van der Waals surface area contributed by atoms with Gasteiger partial charge in [-0.3, -0.25) is 9.59 Å². The maximum atomic E-state index is 13.6. The molecule has 0 aliphatic heterocycles. The van der Waals surface area contributed by atoms with Crippen molar-refractivity contribution < 1.29 is 19.1 Å². The molecule has 0 heterocycles. The quantitative estimate of drug-likeness (QED) is 0.296. The van der Waals surface area contributed by atoms with Gasteiger partial charge in [0.15, 0.2) is 0 Å². The minimum absolute atomic E-state index is 0.0617. The fourth-order valence-electron chi connectivity index (χ4n) is 3.79. The first kappa shape index (κ1) is 27.6. The summed E-state index contributed by atoms with van der Waals surface area (Å²) in [6, 6.07) is 21.7. The molecule has 192 valence electrons. The molecule has 2 atom stereocenters. The van der Waals surface area contributed by atoms with Crippen LogP contribution in [0.2, 0.25) is 0 Å². The molecule has 0 aromatic heterocycles. The lowest BCUT2D eigenvalue weighted by molar-refractivity contribution is -0.139. The Bertz CT molecular complexity index is 1300. The van der Waals surface area contributed by atoms with Crippen molar-refractivity contribution in [3.05, 3.63) is 78.4 Å². The zero-order chi connectivity index (χ0) is 27.0. The number of nitriles is 1. The Morgan fingerprint density at radius 1 is 1.00 bits per heavy atom. The summed E-state index contributed by atoms with van der Waals surface area (Å²) in [5.74, 6) is -1.20. The van der Waals surface area contributed by atoms with Gasteiger partial charge in [-0.2, -0.15) is 17.9 Å². The van der Waals surface area contributed by atoms with Crippen molar-refractivity contribution in [3.63, 3.8) is 0 Å². The summed E-state index contributed by atoms with van der Waals surface area (Å²) in [6.45, 7) is 4.72. The maximum absolute atomic E-state index is 13.6. The van der Waals surface area contributed by atoms with Gasteiger partial charge in [0, 0.05) is 11.4 Å². The Morgan fingerprint density at radius 2 is 1.65 bits per heavy atom. The van der Waals surface area contributed by atoms with Gasteiger partial charge in [0.2, 0.25) is 5.91 Å². The van der Waals surface area contributed by atoms with E-state index in [2.05, 4.69) is 23.3 Å². The first-order valence-electron chi connectivity index (χ1n) is 11.8. The number of thiol groups is 1. The lowest BCUT2D eigenvalue weighted by Crippen LogP contribution is -2.53. The third kappa shape index (κ3) is 7.48. The highest BCUT2D eigenvalue weighted by atomic mass is 32.1. The summed E-state index contributed by atoms with van der Waals surface area (Å²) < 4.78 is 5.27. The van der Waals surface area contributed by atoms with E-state index < -0.39 is 35.6 Å². The molecule has 0 bridgehead atoms. The van der Waals surface area contributed by atoms with E-state index in [1.807, 2.05) is 42.5 Å². The third-order valence-corrected chi connectivity index (χ3v) is 5.75. The van der Waals surface area contributed by atoms with Gasteiger partial charge in [-0.15, -0.1) is 0 Å². The molecular formula is C28H30N4O4S. The smallest absolute Gasteiger partial charge is 0.408 e. The van der Waals surface area contributed by atoms with Gasteiger partial charge >= 0.3 is 6.09 Å². The SMILES string of the molecule is CC(C)(C)OC(=O)NC(CS)C(=O)N(CC#N)C(C(=O)Nc1ccc2ccccc2c1)c1ccccc1. The number of nitrogens with zero attached hydrogens (tertiary/aromatic N) is 2. The van der Waals surface area contributed by atoms with Crippen molar-refractivity contribution in [2.24, 2.45) is 0 Å². The van der Waals surface area contributed by atoms with Crippen molar-refractivity contribution >= 4 is 47.0 Å².